The Morgan fingerprint density at radius 1 is 1.09 bits per heavy atom. The first-order chi connectivity index (χ1) is 11.1. The van der Waals surface area contributed by atoms with Gasteiger partial charge in [-0.25, -0.2) is 0 Å². The molecule has 0 atom stereocenters. The number of carbonyl (C=O) groups excluding carboxylic acids is 1. The zero-order valence-corrected chi connectivity index (χ0v) is 13.3. The second kappa shape index (κ2) is 6.04. The normalized spacial score (nSPS) is 10.6. The maximum absolute atomic E-state index is 12.6. The molecule has 2 N–H and O–H groups in total. The van der Waals surface area contributed by atoms with Crippen molar-refractivity contribution in [3.05, 3.63) is 53.7 Å². The van der Waals surface area contributed by atoms with Crippen LogP contribution in [0.5, 0.6) is 11.5 Å². The van der Waals surface area contributed by atoms with E-state index in [4.69, 9.17) is 9.47 Å². The molecule has 5 nitrogen and oxygen atoms in total. The van der Waals surface area contributed by atoms with Gasteiger partial charge < -0.3 is 19.8 Å². The number of rotatable bonds is 4. The summed E-state index contributed by atoms with van der Waals surface area (Å²) in [5, 5.41) is 3.88. The minimum absolute atomic E-state index is 0.206. The average Bonchev–Trinajstić information content (AvgIpc) is 2.91. The molecule has 1 heterocycles. The van der Waals surface area contributed by atoms with E-state index in [0.29, 0.717) is 17.1 Å². The number of hydrogen-bond donors (Lipinski definition) is 2. The molecule has 0 aliphatic heterocycles. The number of methoxy groups -OCH3 is 2. The van der Waals surface area contributed by atoms with Crippen molar-refractivity contribution in [2.75, 3.05) is 19.5 Å². The molecule has 0 saturated carbocycles. The summed E-state index contributed by atoms with van der Waals surface area (Å²) in [6, 6.07) is 13.0. The summed E-state index contributed by atoms with van der Waals surface area (Å²) in [7, 11) is 3.19. The van der Waals surface area contributed by atoms with E-state index >= 15 is 0 Å². The lowest BCUT2D eigenvalue weighted by molar-refractivity contribution is 0.102. The van der Waals surface area contributed by atoms with Gasteiger partial charge in [0, 0.05) is 17.0 Å². The van der Waals surface area contributed by atoms with E-state index in [9.17, 15) is 4.79 Å². The molecule has 3 aromatic rings. The van der Waals surface area contributed by atoms with Crippen LogP contribution in [0.1, 0.15) is 16.1 Å². The Hall–Kier alpha value is -2.95. The number of H-pyrrole nitrogens is 1. The van der Waals surface area contributed by atoms with Crippen molar-refractivity contribution in [2.24, 2.45) is 0 Å². The third-order valence-corrected chi connectivity index (χ3v) is 3.85. The lowest BCUT2D eigenvalue weighted by Gasteiger charge is -2.09. The molecular weight excluding hydrogens is 292 g/mol. The zero-order valence-electron chi connectivity index (χ0n) is 13.3. The molecule has 0 aliphatic carbocycles. The SMILES string of the molecule is COc1ccc2c(C)c(C(=O)Nc3ccccc3OC)[nH]c2c1. The Bertz CT molecular complexity index is 868. The fourth-order valence-electron chi connectivity index (χ4n) is 2.60. The lowest BCUT2D eigenvalue weighted by atomic mass is 10.1. The minimum atomic E-state index is -0.206. The van der Waals surface area contributed by atoms with Crippen molar-refractivity contribution in [3.63, 3.8) is 0 Å². The Kier molecular flexibility index (Phi) is 3.93. The van der Waals surface area contributed by atoms with Crippen LogP contribution in [0.2, 0.25) is 0 Å². The monoisotopic (exact) mass is 310 g/mol. The third kappa shape index (κ3) is 2.73. The van der Waals surface area contributed by atoms with Crippen molar-refractivity contribution in [3.8, 4) is 11.5 Å². The molecule has 0 radical (unpaired) electrons. The summed E-state index contributed by atoms with van der Waals surface area (Å²) < 4.78 is 10.5. The van der Waals surface area contributed by atoms with Gasteiger partial charge in [0.15, 0.2) is 0 Å². The summed E-state index contributed by atoms with van der Waals surface area (Å²) in [6.45, 7) is 1.92. The first kappa shape index (κ1) is 15.0. The van der Waals surface area contributed by atoms with Gasteiger partial charge in [0.2, 0.25) is 0 Å². The molecule has 0 saturated heterocycles. The molecular formula is C18H18N2O3. The van der Waals surface area contributed by atoms with E-state index in [0.717, 1.165) is 22.2 Å². The van der Waals surface area contributed by atoms with Crippen LogP contribution in [0.3, 0.4) is 0 Å². The molecule has 0 spiro atoms. The summed E-state index contributed by atoms with van der Waals surface area (Å²) in [6.07, 6.45) is 0. The highest BCUT2D eigenvalue weighted by Gasteiger charge is 2.16. The smallest absolute Gasteiger partial charge is 0.272 e. The van der Waals surface area contributed by atoms with Crippen LogP contribution in [0.4, 0.5) is 5.69 Å². The van der Waals surface area contributed by atoms with Crippen molar-refractivity contribution >= 4 is 22.5 Å². The zero-order chi connectivity index (χ0) is 16.4. The third-order valence-electron chi connectivity index (χ3n) is 3.85. The number of amides is 1. The fourth-order valence-corrected chi connectivity index (χ4v) is 2.60. The van der Waals surface area contributed by atoms with Gasteiger partial charge >= 0.3 is 0 Å². The number of aryl methyl sites for hydroxylation is 1. The molecule has 1 amide bonds. The van der Waals surface area contributed by atoms with E-state index in [-0.39, 0.29) is 5.91 Å². The maximum Gasteiger partial charge on any atom is 0.272 e. The number of carbonyl (C=O) groups is 1. The van der Waals surface area contributed by atoms with E-state index < -0.39 is 0 Å². The van der Waals surface area contributed by atoms with Crippen LogP contribution in [0.15, 0.2) is 42.5 Å². The second-order valence-electron chi connectivity index (χ2n) is 5.19. The van der Waals surface area contributed by atoms with Gasteiger partial charge in [-0.15, -0.1) is 0 Å². The van der Waals surface area contributed by atoms with Crippen LogP contribution in [-0.2, 0) is 0 Å². The first-order valence-electron chi connectivity index (χ1n) is 7.24. The quantitative estimate of drug-likeness (QED) is 0.771. The lowest BCUT2D eigenvalue weighted by Crippen LogP contribution is -2.14. The fraction of sp³-hybridized carbons (Fsp3) is 0.167. The van der Waals surface area contributed by atoms with E-state index in [1.165, 1.54) is 0 Å². The highest BCUT2D eigenvalue weighted by atomic mass is 16.5. The van der Waals surface area contributed by atoms with Gasteiger partial charge in [-0.2, -0.15) is 0 Å². The Labute approximate surface area is 134 Å². The van der Waals surface area contributed by atoms with Crippen LogP contribution in [0.25, 0.3) is 10.9 Å². The summed E-state index contributed by atoms with van der Waals surface area (Å²) >= 11 is 0. The van der Waals surface area contributed by atoms with Crippen LogP contribution >= 0.6 is 0 Å². The number of aromatic amines is 1. The number of benzene rings is 2. The number of ether oxygens (including phenoxy) is 2. The molecule has 23 heavy (non-hydrogen) atoms. The van der Waals surface area contributed by atoms with Crippen LogP contribution < -0.4 is 14.8 Å². The number of anilines is 1. The maximum atomic E-state index is 12.6. The highest BCUT2D eigenvalue weighted by Crippen LogP contribution is 2.28. The number of nitrogens with one attached hydrogen (secondary N) is 2. The molecule has 5 heteroatoms. The number of hydrogen-bond acceptors (Lipinski definition) is 3. The Balaban J connectivity index is 1.96. The average molecular weight is 310 g/mol. The first-order valence-corrected chi connectivity index (χ1v) is 7.24. The summed E-state index contributed by atoms with van der Waals surface area (Å²) in [4.78, 5) is 15.8. The molecule has 0 aliphatic rings. The molecule has 118 valence electrons. The van der Waals surface area contributed by atoms with Gasteiger partial charge in [-0.1, -0.05) is 12.1 Å². The van der Waals surface area contributed by atoms with Crippen LogP contribution in [-0.4, -0.2) is 25.1 Å². The standard InChI is InChI=1S/C18H18N2O3/c1-11-13-9-8-12(22-2)10-15(13)19-17(11)18(21)20-14-6-4-5-7-16(14)23-3/h4-10,19H,1-3H3,(H,20,21). The second-order valence-corrected chi connectivity index (χ2v) is 5.19. The molecule has 0 unspecified atom stereocenters. The van der Waals surface area contributed by atoms with Crippen molar-refractivity contribution in [1.82, 2.24) is 4.98 Å². The topological polar surface area (TPSA) is 63.4 Å². The van der Waals surface area contributed by atoms with Gasteiger partial charge in [0.05, 0.1) is 19.9 Å². The predicted molar refractivity (Wildman–Crippen MR) is 90.5 cm³/mol. The van der Waals surface area contributed by atoms with Crippen molar-refractivity contribution in [1.29, 1.82) is 0 Å². The number of para-hydroxylation sites is 2. The van der Waals surface area contributed by atoms with Gasteiger partial charge in [0.25, 0.3) is 5.91 Å². The van der Waals surface area contributed by atoms with Gasteiger partial charge in [-0.3, -0.25) is 4.79 Å². The Morgan fingerprint density at radius 3 is 2.61 bits per heavy atom. The predicted octanol–water partition coefficient (Wildman–Crippen LogP) is 3.75. The van der Waals surface area contributed by atoms with E-state index in [1.807, 2.05) is 37.3 Å². The van der Waals surface area contributed by atoms with Gasteiger partial charge in [0.1, 0.15) is 17.2 Å². The Morgan fingerprint density at radius 2 is 1.87 bits per heavy atom. The van der Waals surface area contributed by atoms with E-state index in [2.05, 4.69) is 10.3 Å². The summed E-state index contributed by atoms with van der Waals surface area (Å²) in [5.41, 5.74) is 2.93. The van der Waals surface area contributed by atoms with Crippen molar-refractivity contribution < 1.29 is 14.3 Å². The number of aromatic nitrogens is 1. The summed E-state index contributed by atoms with van der Waals surface area (Å²) in [5.74, 6) is 1.16. The van der Waals surface area contributed by atoms with Gasteiger partial charge in [-0.05, 0) is 36.8 Å². The van der Waals surface area contributed by atoms with E-state index in [1.54, 1.807) is 26.4 Å². The number of fused-ring (bicyclic) bond motifs is 1. The van der Waals surface area contributed by atoms with Crippen molar-refractivity contribution in [2.45, 2.75) is 6.92 Å². The molecule has 0 bridgehead atoms. The molecule has 0 fully saturated rings. The highest BCUT2D eigenvalue weighted by molar-refractivity contribution is 6.08. The molecule has 2 aromatic carbocycles. The largest absolute Gasteiger partial charge is 0.497 e. The molecule has 3 rings (SSSR count). The van der Waals surface area contributed by atoms with Crippen LogP contribution in [0, 0.1) is 6.92 Å². The minimum Gasteiger partial charge on any atom is -0.497 e. The molecule has 1 aromatic heterocycles.